The standard InChI is InChI=1S/C22H19NO5/c1-13-5-2-3-8-17(13)23-22(28)15-7-4-6-14(11-15)9-10-16-20(26)18(24)12-19(25)21(16)27/h2-8,11-12,24,27H,9-10H2,1H3,(H,23,28). The highest BCUT2D eigenvalue weighted by atomic mass is 16.3. The van der Waals surface area contributed by atoms with E-state index in [0.717, 1.165) is 16.8 Å². The minimum absolute atomic E-state index is 0.0666. The van der Waals surface area contributed by atoms with Crippen molar-refractivity contribution >= 4 is 23.2 Å². The normalized spacial score (nSPS) is 14.1. The monoisotopic (exact) mass is 377 g/mol. The molecule has 0 radical (unpaired) electrons. The average molecular weight is 377 g/mol. The predicted molar refractivity (Wildman–Crippen MR) is 104 cm³/mol. The van der Waals surface area contributed by atoms with Crippen LogP contribution in [0.25, 0.3) is 0 Å². The van der Waals surface area contributed by atoms with Gasteiger partial charge < -0.3 is 15.5 Å². The van der Waals surface area contributed by atoms with E-state index in [-0.39, 0.29) is 17.9 Å². The van der Waals surface area contributed by atoms with E-state index < -0.39 is 23.1 Å². The molecule has 6 nitrogen and oxygen atoms in total. The number of carbonyl (C=O) groups is 3. The number of ketones is 2. The summed E-state index contributed by atoms with van der Waals surface area (Å²) in [5.74, 6) is -3.13. The number of benzene rings is 2. The van der Waals surface area contributed by atoms with Gasteiger partial charge in [-0.15, -0.1) is 0 Å². The number of aryl methyl sites for hydroxylation is 2. The van der Waals surface area contributed by atoms with Crippen LogP contribution in [0.5, 0.6) is 0 Å². The van der Waals surface area contributed by atoms with Crippen LogP contribution in [-0.4, -0.2) is 27.7 Å². The van der Waals surface area contributed by atoms with Crippen LogP contribution < -0.4 is 5.32 Å². The smallest absolute Gasteiger partial charge is 0.255 e. The summed E-state index contributed by atoms with van der Waals surface area (Å²) in [6.45, 7) is 1.90. The molecule has 2 aromatic carbocycles. The first kappa shape index (κ1) is 19.1. The number of anilines is 1. The Balaban J connectivity index is 1.73. The molecule has 0 aromatic heterocycles. The van der Waals surface area contributed by atoms with Gasteiger partial charge in [0.05, 0.1) is 0 Å². The van der Waals surface area contributed by atoms with Crippen molar-refractivity contribution < 1.29 is 24.6 Å². The Morgan fingerprint density at radius 1 is 1.00 bits per heavy atom. The Hall–Kier alpha value is -3.67. The SMILES string of the molecule is Cc1ccccc1NC(=O)c1cccc(CCC2=C(O)C(=O)C=C(O)C2=O)c1. The first-order valence-electron chi connectivity index (χ1n) is 8.74. The fourth-order valence-corrected chi connectivity index (χ4v) is 2.95. The Morgan fingerprint density at radius 2 is 1.75 bits per heavy atom. The number of hydrogen-bond donors (Lipinski definition) is 3. The fraction of sp³-hybridized carbons (Fsp3) is 0.136. The van der Waals surface area contributed by atoms with Gasteiger partial charge in [0.1, 0.15) is 0 Å². The molecule has 1 amide bonds. The second-order valence-corrected chi connectivity index (χ2v) is 6.52. The lowest BCUT2D eigenvalue weighted by Crippen LogP contribution is -2.19. The van der Waals surface area contributed by atoms with E-state index in [1.54, 1.807) is 24.3 Å². The number of carbonyl (C=O) groups excluding carboxylic acids is 3. The summed E-state index contributed by atoms with van der Waals surface area (Å²) in [6.07, 6.45) is 1.09. The van der Waals surface area contributed by atoms with Crippen molar-refractivity contribution in [2.75, 3.05) is 5.32 Å². The van der Waals surface area contributed by atoms with E-state index in [1.165, 1.54) is 0 Å². The van der Waals surface area contributed by atoms with Crippen molar-refractivity contribution in [1.82, 2.24) is 0 Å². The molecular formula is C22H19NO5. The summed E-state index contributed by atoms with van der Waals surface area (Å²) >= 11 is 0. The number of nitrogens with one attached hydrogen (secondary N) is 1. The first-order valence-corrected chi connectivity index (χ1v) is 8.74. The first-order chi connectivity index (χ1) is 13.4. The van der Waals surface area contributed by atoms with Gasteiger partial charge in [0, 0.05) is 22.9 Å². The maximum absolute atomic E-state index is 12.5. The Labute approximate surface area is 161 Å². The molecule has 1 aliphatic carbocycles. The lowest BCUT2D eigenvalue weighted by atomic mass is 9.94. The van der Waals surface area contributed by atoms with Gasteiger partial charge in [-0.2, -0.15) is 0 Å². The van der Waals surface area contributed by atoms with Crippen molar-refractivity contribution in [3.63, 3.8) is 0 Å². The van der Waals surface area contributed by atoms with Crippen LogP contribution in [0.15, 0.2) is 71.7 Å². The topological polar surface area (TPSA) is 104 Å². The molecule has 0 heterocycles. The summed E-state index contributed by atoms with van der Waals surface area (Å²) in [5, 5.41) is 22.2. The minimum Gasteiger partial charge on any atom is -0.504 e. The lowest BCUT2D eigenvalue weighted by Gasteiger charge is -2.13. The van der Waals surface area contributed by atoms with Gasteiger partial charge in [0.25, 0.3) is 5.91 Å². The largest absolute Gasteiger partial charge is 0.504 e. The third-order valence-electron chi connectivity index (χ3n) is 4.54. The summed E-state index contributed by atoms with van der Waals surface area (Å²) in [7, 11) is 0. The van der Waals surface area contributed by atoms with E-state index in [9.17, 15) is 24.6 Å². The van der Waals surface area contributed by atoms with Crippen LogP contribution in [-0.2, 0) is 16.0 Å². The molecule has 1 aliphatic rings. The molecular weight excluding hydrogens is 358 g/mol. The highest BCUT2D eigenvalue weighted by Crippen LogP contribution is 2.22. The zero-order valence-electron chi connectivity index (χ0n) is 15.2. The third-order valence-corrected chi connectivity index (χ3v) is 4.54. The summed E-state index contributed by atoms with van der Waals surface area (Å²) in [4.78, 5) is 36.0. The number of allylic oxidation sites excluding steroid dienone is 2. The Morgan fingerprint density at radius 3 is 2.50 bits per heavy atom. The van der Waals surface area contributed by atoms with E-state index >= 15 is 0 Å². The van der Waals surface area contributed by atoms with Gasteiger partial charge in [-0.3, -0.25) is 14.4 Å². The summed E-state index contributed by atoms with van der Waals surface area (Å²) in [6, 6.07) is 14.3. The van der Waals surface area contributed by atoms with E-state index in [0.29, 0.717) is 18.1 Å². The van der Waals surface area contributed by atoms with Crippen molar-refractivity contribution in [3.05, 3.63) is 88.4 Å². The van der Waals surface area contributed by atoms with Gasteiger partial charge in [-0.05, 0) is 49.1 Å². The van der Waals surface area contributed by atoms with E-state index in [2.05, 4.69) is 5.32 Å². The highest BCUT2D eigenvalue weighted by molar-refractivity contribution is 6.20. The van der Waals surface area contributed by atoms with Crippen LogP contribution >= 0.6 is 0 Å². The van der Waals surface area contributed by atoms with Crippen molar-refractivity contribution in [2.24, 2.45) is 0 Å². The summed E-state index contributed by atoms with van der Waals surface area (Å²) in [5.41, 5.74) is 2.75. The maximum atomic E-state index is 12.5. The molecule has 3 rings (SSSR count). The Bertz CT molecular complexity index is 1030. The molecule has 6 heteroatoms. The van der Waals surface area contributed by atoms with Gasteiger partial charge in [0.15, 0.2) is 11.5 Å². The third kappa shape index (κ3) is 4.01. The number of hydrogen-bond acceptors (Lipinski definition) is 5. The minimum atomic E-state index is -0.793. The second-order valence-electron chi connectivity index (χ2n) is 6.52. The molecule has 0 fully saturated rings. The molecule has 3 N–H and O–H groups in total. The molecule has 0 aliphatic heterocycles. The fourth-order valence-electron chi connectivity index (χ4n) is 2.95. The molecule has 0 spiro atoms. The molecule has 0 atom stereocenters. The van der Waals surface area contributed by atoms with Crippen molar-refractivity contribution in [1.29, 1.82) is 0 Å². The average Bonchev–Trinajstić information content (AvgIpc) is 2.68. The predicted octanol–water partition coefficient (Wildman–Crippen LogP) is 3.59. The van der Waals surface area contributed by atoms with Gasteiger partial charge in [-0.25, -0.2) is 0 Å². The number of aliphatic hydroxyl groups is 2. The van der Waals surface area contributed by atoms with Crippen molar-refractivity contribution in [3.8, 4) is 0 Å². The van der Waals surface area contributed by atoms with Gasteiger partial charge in [-0.1, -0.05) is 30.3 Å². The molecule has 142 valence electrons. The van der Waals surface area contributed by atoms with Crippen LogP contribution in [0.4, 0.5) is 5.69 Å². The molecule has 28 heavy (non-hydrogen) atoms. The van der Waals surface area contributed by atoms with Crippen molar-refractivity contribution in [2.45, 2.75) is 19.8 Å². The van der Waals surface area contributed by atoms with Gasteiger partial charge in [0.2, 0.25) is 11.6 Å². The molecule has 0 unspecified atom stereocenters. The molecule has 0 saturated carbocycles. The number of Topliss-reactive ketones (excluding diaryl/α,β-unsaturated/α-hetero) is 1. The maximum Gasteiger partial charge on any atom is 0.255 e. The van der Waals surface area contributed by atoms with Crippen LogP contribution in [0.3, 0.4) is 0 Å². The Kier molecular flexibility index (Phi) is 5.40. The van der Waals surface area contributed by atoms with Crippen LogP contribution in [0, 0.1) is 6.92 Å². The zero-order valence-corrected chi connectivity index (χ0v) is 15.2. The van der Waals surface area contributed by atoms with E-state index in [1.807, 2.05) is 31.2 Å². The lowest BCUT2D eigenvalue weighted by molar-refractivity contribution is -0.119. The number of rotatable bonds is 5. The van der Waals surface area contributed by atoms with Crippen LogP contribution in [0.1, 0.15) is 27.9 Å². The summed E-state index contributed by atoms with van der Waals surface area (Å²) < 4.78 is 0. The zero-order chi connectivity index (χ0) is 20.3. The molecule has 0 saturated heterocycles. The number of para-hydroxylation sites is 1. The second kappa shape index (κ2) is 7.92. The molecule has 2 aromatic rings. The van der Waals surface area contributed by atoms with Gasteiger partial charge >= 0.3 is 0 Å². The number of aliphatic hydroxyl groups excluding tert-OH is 2. The molecule has 0 bridgehead atoms. The van der Waals surface area contributed by atoms with E-state index in [4.69, 9.17) is 0 Å². The quantitative estimate of drug-likeness (QED) is 0.691. The van der Waals surface area contributed by atoms with Crippen LogP contribution in [0.2, 0.25) is 0 Å². The number of amides is 1. The highest BCUT2D eigenvalue weighted by Gasteiger charge is 2.27.